The lowest BCUT2D eigenvalue weighted by Crippen LogP contribution is -2.62. The number of carbonyl (C=O) groups is 1. The molecule has 0 bridgehead atoms. The van der Waals surface area contributed by atoms with Crippen LogP contribution in [0.1, 0.15) is 52.9 Å². The van der Waals surface area contributed by atoms with Gasteiger partial charge >= 0.3 is 0 Å². The molecular weight excluding hydrogens is 266 g/mol. The van der Waals surface area contributed by atoms with Crippen LogP contribution in [0.4, 0.5) is 0 Å². The molecule has 2 rings (SSSR count). The van der Waals surface area contributed by atoms with Crippen molar-refractivity contribution in [3.63, 3.8) is 0 Å². The first-order chi connectivity index (χ1) is 9.93. The second-order valence-corrected chi connectivity index (χ2v) is 7.03. The zero-order chi connectivity index (χ0) is 15.5. The highest BCUT2D eigenvalue weighted by Crippen LogP contribution is 2.32. The van der Waals surface area contributed by atoms with Crippen molar-refractivity contribution in [2.75, 3.05) is 19.7 Å². The van der Waals surface area contributed by atoms with Crippen LogP contribution in [0.5, 0.6) is 0 Å². The molecule has 1 heterocycles. The number of ether oxygens (including phenoxy) is 1. The molecule has 2 aliphatic rings. The molecule has 0 aromatic rings. The third-order valence-electron chi connectivity index (χ3n) is 4.76. The van der Waals surface area contributed by atoms with E-state index in [2.05, 4.69) is 31.0 Å². The molecular formula is C16H31N3O2. The molecule has 0 spiro atoms. The van der Waals surface area contributed by atoms with E-state index in [9.17, 15) is 4.79 Å². The molecule has 3 atom stereocenters. The highest BCUT2D eigenvalue weighted by molar-refractivity contribution is 5.85. The highest BCUT2D eigenvalue weighted by Gasteiger charge is 2.43. The first kappa shape index (κ1) is 16.7. The van der Waals surface area contributed by atoms with Gasteiger partial charge in [-0.1, -0.05) is 0 Å². The fourth-order valence-electron chi connectivity index (χ4n) is 3.89. The first-order valence-corrected chi connectivity index (χ1v) is 8.36. The second-order valence-electron chi connectivity index (χ2n) is 7.03. The average molecular weight is 297 g/mol. The van der Waals surface area contributed by atoms with Crippen molar-refractivity contribution >= 4 is 5.91 Å². The third kappa shape index (κ3) is 4.18. The number of nitrogens with one attached hydrogen (secondary N) is 1. The van der Waals surface area contributed by atoms with Gasteiger partial charge in [0.1, 0.15) is 0 Å². The van der Waals surface area contributed by atoms with Gasteiger partial charge in [-0.25, -0.2) is 0 Å². The number of amides is 1. The van der Waals surface area contributed by atoms with Gasteiger partial charge in [-0.05, 0) is 52.9 Å². The molecule has 3 N–H and O–H groups in total. The van der Waals surface area contributed by atoms with E-state index in [0.29, 0.717) is 6.04 Å². The fourth-order valence-corrected chi connectivity index (χ4v) is 3.89. The Morgan fingerprint density at radius 1 is 1.43 bits per heavy atom. The fraction of sp³-hybridized carbons (Fsp3) is 0.938. The summed E-state index contributed by atoms with van der Waals surface area (Å²) in [7, 11) is 0. The zero-order valence-corrected chi connectivity index (χ0v) is 13.7. The summed E-state index contributed by atoms with van der Waals surface area (Å²) >= 11 is 0. The lowest BCUT2D eigenvalue weighted by Gasteiger charge is -2.44. The SMILES string of the molecule is CC(C)NC1(C(N)=O)CCCC(N2CCCOC(C)C2)C1. The Morgan fingerprint density at radius 2 is 2.19 bits per heavy atom. The largest absolute Gasteiger partial charge is 0.377 e. The van der Waals surface area contributed by atoms with E-state index in [1.165, 1.54) is 0 Å². The summed E-state index contributed by atoms with van der Waals surface area (Å²) in [4.78, 5) is 14.6. The van der Waals surface area contributed by atoms with Gasteiger partial charge in [0.25, 0.3) is 0 Å². The van der Waals surface area contributed by atoms with Gasteiger partial charge in [0.05, 0.1) is 11.6 Å². The second kappa shape index (κ2) is 7.07. The molecule has 1 saturated heterocycles. The van der Waals surface area contributed by atoms with E-state index in [-0.39, 0.29) is 18.1 Å². The number of carbonyl (C=O) groups excluding carboxylic acids is 1. The number of nitrogens with zero attached hydrogens (tertiary/aromatic N) is 1. The Labute approximate surface area is 128 Å². The molecule has 122 valence electrons. The lowest BCUT2D eigenvalue weighted by atomic mass is 9.77. The molecule has 5 heteroatoms. The first-order valence-electron chi connectivity index (χ1n) is 8.36. The number of primary amides is 1. The quantitative estimate of drug-likeness (QED) is 0.820. The predicted octanol–water partition coefficient (Wildman–Crippen LogP) is 1.26. The lowest BCUT2D eigenvalue weighted by molar-refractivity contribution is -0.127. The minimum absolute atomic E-state index is 0.194. The van der Waals surface area contributed by atoms with Crippen LogP contribution in [-0.4, -0.2) is 54.2 Å². The summed E-state index contributed by atoms with van der Waals surface area (Å²) < 4.78 is 5.74. The van der Waals surface area contributed by atoms with E-state index in [1.807, 2.05) is 0 Å². The Balaban J connectivity index is 2.08. The summed E-state index contributed by atoms with van der Waals surface area (Å²) in [5.74, 6) is -0.194. The summed E-state index contributed by atoms with van der Waals surface area (Å²) in [6.45, 7) is 9.16. The Morgan fingerprint density at radius 3 is 2.86 bits per heavy atom. The van der Waals surface area contributed by atoms with E-state index in [0.717, 1.165) is 51.8 Å². The Bertz CT molecular complexity index is 361. The number of hydrogen-bond donors (Lipinski definition) is 2. The summed E-state index contributed by atoms with van der Waals surface area (Å²) in [5.41, 5.74) is 5.22. The van der Waals surface area contributed by atoms with Crippen LogP contribution in [0.25, 0.3) is 0 Å². The van der Waals surface area contributed by atoms with Crippen molar-refractivity contribution in [2.45, 2.75) is 76.6 Å². The summed E-state index contributed by atoms with van der Waals surface area (Å²) in [5, 5.41) is 3.46. The van der Waals surface area contributed by atoms with Gasteiger partial charge in [-0.3, -0.25) is 9.69 Å². The van der Waals surface area contributed by atoms with Crippen LogP contribution in [0.15, 0.2) is 0 Å². The van der Waals surface area contributed by atoms with E-state index in [1.54, 1.807) is 0 Å². The van der Waals surface area contributed by atoms with Gasteiger partial charge in [-0.15, -0.1) is 0 Å². The van der Waals surface area contributed by atoms with Crippen molar-refractivity contribution in [1.29, 1.82) is 0 Å². The topological polar surface area (TPSA) is 67.6 Å². The monoisotopic (exact) mass is 297 g/mol. The Kier molecular flexibility index (Phi) is 5.63. The molecule has 1 aliphatic heterocycles. The maximum absolute atomic E-state index is 12.1. The van der Waals surface area contributed by atoms with Crippen LogP contribution in [0.3, 0.4) is 0 Å². The van der Waals surface area contributed by atoms with E-state index < -0.39 is 5.54 Å². The molecule has 0 radical (unpaired) electrons. The van der Waals surface area contributed by atoms with Crippen LogP contribution in [-0.2, 0) is 9.53 Å². The standard InChI is InChI=1S/C16H31N3O2/c1-12(2)18-16(15(17)20)7-4-6-14(10-16)19-8-5-9-21-13(3)11-19/h12-14,18H,4-11H2,1-3H3,(H2,17,20). The average Bonchev–Trinajstić information content (AvgIpc) is 2.63. The molecule has 1 aliphatic carbocycles. The van der Waals surface area contributed by atoms with Gasteiger partial charge in [0, 0.05) is 31.8 Å². The molecule has 21 heavy (non-hydrogen) atoms. The molecule has 0 aromatic carbocycles. The predicted molar refractivity (Wildman–Crippen MR) is 84.1 cm³/mol. The van der Waals surface area contributed by atoms with Crippen LogP contribution in [0.2, 0.25) is 0 Å². The van der Waals surface area contributed by atoms with Crippen molar-refractivity contribution in [3.8, 4) is 0 Å². The molecule has 3 unspecified atom stereocenters. The number of rotatable bonds is 4. The normalized spacial score (nSPS) is 35.6. The van der Waals surface area contributed by atoms with E-state index >= 15 is 0 Å². The van der Waals surface area contributed by atoms with Gasteiger partial charge in [-0.2, -0.15) is 0 Å². The Hall–Kier alpha value is -0.650. The van der Waals surface area contributed by atoms with Gasteiger partial charge in [0.15, 0.2) is 0 Å². The van der Waals surface area contributed by atoms with Crippen molar-refractivity contribution in [2.24, 2.45) is 5.73 Å². The summed E-state index contributed by atoms with van der Waals surface area (Å²) in [6, 6.07) is 0.698. The van der Waals surface area contributed by atoms with Crippen LogP contribution < -0.4 is 11.1 Å². The molecule has 1 saturated carbocycles. The van der Waals surface area contributed by atoms with Crippen LogP contribution >= 0.6 is 0 Å². The van der Waals surface area contributed by atoms with Crippen LogP contribution in [0, 0.1) is 0 Å². The van der Waals surface area contributed by atoms with Crippen molar-refractivity contribution in [3.05, 3.63) is 0 Å². The summed E-state index contributed by atoms with van der Waals surface area (Å²) in [6.07, 6.45) is 5.24. The minimum Gasteiger partial charge on any atom is -0.377 e. The van der Waals surface area contributed by atoms with Gasteiger partial charge in [0.2, 0.25) is 5.91 Å². The van der Waals surface area contributed by atoms with Crippen molar-refractivity contribution in [1.82, 2.24) is 10.2 Å². The van der Waals surface area contributed by atoms with E-state index in [4.69, 9.17) is 10.5 Å². The highest BCUT2D eigenvalue weighted by atomic mass is 16.5. The zero-order valence-electron chi connectivity index (χ0n) is 13.7. The number of nitrogens with two attached hydrogens (primary N) is 1. The number of hydrogen-bond acceptors (Lipinski definition) is 4. The third-order valence-corrected chi connectivity index (χ3v) is 4.76. The van der Waals surface area contributed by atoms with Crippen molar-refractivity contribution < 1.29 is 9.53 Å². The smallest absolute Gasteiger partial charge is 0.237 e. The minimum atomic E-state index is -0.534. The molecule has 2 fully saturated rings. The molecule has 1 amide bonds. The molecule has 0 aromatic heterocycles. The maximum atomic E-state index is 12.1. The maximum Gasteiger partial charge on any atom is 0.237 e. The van der Waals surface area contributed by atoms with Gasteiger partial charge < -0.3 is 15.8 Å². The molecule has 5 nitrogen and oxygen atoms in total.